The van der Waals surface area contributed by atoms with Crippen molar-refractivity contribution in [1.29, 1.82) is 0 Å². The molecule has 5 rings (SSSR count). The standard InChI is InChI=1S/C19H17N5O5S/c25-17-12-23(16-5-2-1-4-15(16)20-17)30(28,29)14-8-6-13(7-9-14)24-18(26)21-10-3-11-22(21)19(24)27/h1-2,4-9H,3,10-12H2,(H,20,25). The zero-order valence-electron chi connectivity index (χ0n) is 15.7. The minimum Gasteiger partial charge on any atom is -0.323 e. The number of nitrogens with zero attached hydrogens (tertiary/aromatic N) is 4. The van der Waals surface area contributed by atoms with Crippen LogP contribution in [0.4, 0.5) is 11.4 Å². The molecule has 10 nitrogen and oxygen atoms in total. The molecule has 1 N–H and O–H groups in total. The number of amides is 1. The number of sulfonamides is 1. The summed E-state index contributed by atoms with van der Waals surface area (Å²) in [6.07, 6.45) is 0.730. The van der Waals surface area contributed by atoms with Crippen molar-refractivity contribution >= 4 is 27.3 Å². The molecule has 1 aromatic heterocycles. The maximum absolute atomic E-state index is 13.2. The smallest absolute Gasteiger partial charge is 0.323 e. The number of aromatic nitrogens is 3. The molecule has 3 aromatic rings. The van der Waals surface area contributed by atoms with Gasteiger partial charge in [0.15, 0.2) is 0 Å². The molecule has 0 fully saturated rings. The number of para-hydroxylation sites is 2. The third-order valence-corrected chi connectivity index (χ3v) is 7.05. The van der Waals surface area contributed by atoms with E-state index < -0.39 is 27.3 Å². The molecule has 0 bridgehead atoms. The number of hydrogen-bond donors (Lipinski definition) is 1. The summed E-state index contributed by atoms with van der Waals surface area (Å²) in [5.41, 5.74) is 0.177. The van der Waals surface area contributed by atoms with Crippen molar-refractivity contribution in [2.75, 3.05) is 16.2 Å². The van der Waals surface area contributed by atoms with E-state index in [0.29, 0.717) is 24.5 Å². The van der Waals surface area contributed by atoms with Crippen LogP contribution in [0, 0.1) is 0 Å². The molecule has 2 aliphatic heterocycles. The molecular weight excluding hydrogens is 410 g/mol. The van der Waals surface area contributed by atoms with E-state index in [4.69, 9.17) is 0 Å². The second-order valence-corrected chi connectivity index (χ2v) is 8.93. The van der Waals surface area contributed by atoms with Gasteiger partial charge in [-0.25, -0.2) is 31.9 Å². The number of carbonyl (C=O) groups excluding carboxylic acids is 1. The SMILES string of the molecule is O=C1CN(S(=O)(=O)c2ccc(-n3c(=O)n4n(c3=O)CCC4)cc2)c2ccccc2N1. The third-order valence-electron chi connectivity index (χ3n) is 5.27. The number of anilines is 2. The molecule has 2 aromatic carbocycles. The second-order valence-electron chi connectivity index (χ2n) is 7.07. The lowest BCUT2D eigenvalue weighted by Crippen LogP contribution is -2.42. The van der Waals surface area contributed by atoms with Crippen molar-refractivity contribution in [1.82, 2.24) is 13.9 Å². The predicted molar refractivity (Wildman–Crippen MR) is 109 cm³/mol. The second kappa shape index (κ2) is 6.46. The molecule has 0 saturated carbocycles. The Hall–Kier alpha value is -3.60. The molecule has 1 amide bonds. The summed E-state index contributed by atoms with van der Waals surface area (Å²) >= 11 is 0. The van der Waals surface area contributed by atoms with Crippen LogP contribution in [0.25, 0.3) is 5.69 Å². The number of nitrogens with one attached hydrogen (secondary N) is 1. The first kappa shape index (κ1) is 18.4. The Bertz CT molecular complexity index is 1360. The van der Waals surface area contributed by atoms with Crippen LogP contribution in [0.5, 0.6) is 0 Å². The molecule has 2 aliphatic rings. The monoisotopic (exact) mass is 427 g/mol. The zero-order chi connectivity index (χ0) is 21.0. The van der Waals surface area contributed by atoms with Crippen molar-refractivity contribution in [2.24, 2.45) is 0 Å². The van der Waals surface area contributed by atoms with Crippen molar-refractivity contribution in [3.8, 4) is 5.69 Å². The minimum absolute atomic E-state index is 0.0457. The average molecular weight is 427 g/mol. The third kappa shape index (κ3) is 2.62. The highest BCUT2D eigenvalue weighted by Crippen LogP contribution is 2.33. The van der Waals surface area contributed by atoms with Crippen molar-refractivity contribution in [3.63, 3.8) is 0 Å². The van der Waals surface area contributed by atoms with Crippen molar-refractivity contribution in [2.45, 2.75) is 24.4 Å². The number of carbonyl (C=O) groups is 1. The summed E-state index contributed by atoms with van der Waals surface area (Å²) < 4.78 is 31.2. The largest absolute Gasteiger partial charge is 0.351 e. The fourth-order valence-corrected chi connectivity index (χ4v) is 5.29. The fraction of sp³-hybridized carbons (Fsp3) is 0.211. The van der Waals surface area contributed by atoms with Gasteiger partial charge < -0.3 is 5.32 Å². The van der Waals surface area contributed by atoms with E-state index in [9.17, 15) is 22.8 Å². The lowest BCUT2D eigenvalue weighted by Gasteiger charge is -2.30. The van der Waals surface area contributed by atoms with Crippen molar-refractivity contribution in [3.05, 3.63) is 69.5 Å². The normalized spacial score (nSPS) is 15.6. The number of hydrogen-bond acceptors (Lipinski definition) is 5. The van der Waals surface area contributed by atoms with Gasteiger partial charge >= 0.3 is 11.4 Å². The molecule has 0 spiro atoms. The lowest BCUT2D eigenvalue weighted by atomic mass is 10.2. The van der Waals surface area contributed by atoms with Gasteiger partial charge in [-0.1, -0.05) is 12.1 Å². The Kier molecular flexibility index (Phi) is 3.97. The summed E-state index contributed by atoms with van der Waals surface area (Å²) in [4.78, 5) is 37.0. The molecule has 0 aliphatic carbocycles. The summed E-state index contributed by atoms with van der Waals surface area (Å²) in [5.74, 6) is -0.434. The van der Waals surface area contributed by atoms with Crippen LogP contribution in [0.2, 0.25) is 0 Å². The van der Waals surface area contributed by atoms with E-state index in [2.05, 4.69) is 5.32 Å². The number of benzene rings is 2. The molecule has 0 radical (unpaired) electrons. The molecular formula is C19H17N5O5S. The first-order valence-electron chi connectivity index (χ1n) is 9.32. The van der Waals surface area contributed by atoms with Crippen LogP contribution < -0.4 is 21.0 Å². The Morgan fingerprint density at radius 2 is 1.47 bits per heavy atom. The molecule has 3 heterocycles. The summed E-state index contributed by atoms with van der Waals surface area (Å²) in [6.45, 7) is 0.613. The first-order chi connectivity index (χ1) is 14.4. The van der Waals surface area contributed by atoms with Gasteiger partial charge in [0.05, 0.1) is 22.0 Å². The first-order valence-corrected chi connectivity index (χ1v) is 10.8. The molecule has 0 unspecified atom stereocenters. The number of fused-ring (bicyclic) bond motifs is 2. The lowest BCUT2D eigenvalue weighted by molar-refractivity contribution is -0.115. The summed E-state index contributed by atoms with van der Waals surface area (Å²) in [7, 11) is -4.03. The molecule has 154 valence electrons. The fourth-order valence-electron chi connectivity index (χ4n) is 3.85. The zero-order valence-corrected chi connectivity index (χ0v) is 16.5. The Morgan fingerprint density at radius 1 is 0.833 bits per heavy atom. The van der Waals surface area contributed by atoms with Crippen LogP contribution in [-0.2, 0) is 27.9 Å². The Labute approximate surface area is 170 Å². The van der Waals surface area contributed by atoms with Crippen LogP contribution in [0.3, 0.4) is 0 Å². The molecule has 11 heteroatoms. The van der Waals surface area contributed by atoms with E-state index in [1.807, 2.05) is 0 Å². The van der Waals surface area contributed by atoms with E-state index in [1.54, 1.807) is 24.3 Å². The van der Waals surface area contributed by atoms with Gasteiger partial charge in [-0.05, 0) is 42.8 Å². The Morgan fingerprint density at radius 3 is 2.13 bits per heavy atom. The summed E-state index contributed by atoms with van der Waals surface area (Å²) in [6, 6.07) is 12.1. The predicted octanol–water partition coefficient (Wildman–Crippen LogP) is 0.352. The van der Waals surface area contributed by atoms with Gasteiger partial charge in [0.2, 0.25) is 5.91 Å². The van der Waals surface area contributed by atoms with Gasteiger partial charge in [0.25, 0.3) is 10.0 Å². The quantitative estimate of drug-likeness (QED) is 0.648. The topological polar surface area (TPSA) is 115 Å². The van der Waals surface area contributed by atoms with Gasteiger partial charge in [0, 0.05) is 13.1 Å². The highest BCUT2D eigenvalue weighted by molar-refractivity contribution is 7.92. The van der Waals surface area contributed by atoms with E-state index in [-0.39, 0.29) is 17.1 Å². The van der Waals surface area contributed by atoms with Crippen LogP contribution in [0.15, 0.2) is 63.0 Å². The van der Waals surface area contributed by atoms with Gasteiger partial charge in [-0.15, -0.1) is 0 Å². The molecule has 30 heavy (non-hydrogen) atoms. The maximum atomic E-state index is 13.2. The minimum atomic E-state index is -4.03. The highest BCUT2D eigenvalue weighted by atomic mass is 32.2. The average Bonchev–Trinajstić information content (AvgIpc) is 3.31. The number of rotatable bonds is 3. The van der Waals surface area contributed by atoms with Gasteiger partial charge in [-0.3, -0.25) is 9.10 Å². The van der Waals surface area contributed by atoms with Crippen LogP contribution >= 0.6 is 0 Å². The van der Waals surface area contributed by atoms with E-state index >= 15 is 0 Å². The van der Waals surface area contributed by atoms with E-state index in [1.165, 1.54) is 33.6 Å². The van der Waals surface area contributed by atoms with Crippen LogP contribution in [0.1, 0.15) is 6.42 Å². The van der Waals surface area contributed by atoms with E-state index in [0.717, 1.165) is 15.3 Å². The van der Waals surface area contributed by atoms with Crippen molar-refractivity contribution < 1.29 is 13.2 Å². The molecule has 0 saturated heterocycles. The maximum Gasteiger partial charge on any atom is 0.351 e. The highest BCUT2D eigenvalue weighted by Gasteiger charge is 2.32. The van der Waals surface area contributed by atoms with Gasteiger partial charge in [-0.2, -0.15) is 0 Å². The molecule has 0 atom stereocenters. The van der Waals surface area contributed by atoms with Crippen LogP contribution in [-0.4, -0.2) is 34.8 Å². The Balaban J connectivity index is 1.55. The summed E-state index contributed by atoms with van der Waals surface area (Å²) in [5, 5.41) is 2.65. The van der Waals surface area contributed by atoms with Gasteiger partial charge in [0.1, 0.15) is 6.54 Å².